The standard InChI is InChI=1S/C7H13NO3S/c9-2-3-11-7(10)8-6-1-4-12-5-6/h6,9H,1-5H2,(H,8,10). The van der Waals surface area contributed by atoms with Crippen LogP contribution in [-0.4, -0.2) is 42.0 Å². The third-order valence-corrected chi connectivity index (χ3v) is 2.74. The van der Waals surface area contributed by atoms with Crippen molar-refractivity contribution >= 4 is 17.9 Å². The van der Waals surface area contributed by atoms with Gasteiger partial charge in [-0.2, -0.15) is 11.8 Å². The molecule has 1 amide bonds. The van der Waals surface area contributed by atoms with Crippen molar-refractivity contribution in [2.24, 2.45) is 0 Å². The Labute approximate surface area is 75.7 Å². The lowest BCUT2D eigenvalue weighted by molar-refractivity contribution is 0.117. The zero-order valence-corrected chi connectivity index (χ0v) is 7.60. The van der Waals surface area contributed by atoms with Gasteiger partial charge in [0, 0.05) is 11.8 Å². The smallest absolute Gasteiger partial charge is 0.407 e. The van der Waals surface area contributed by atoms with E-state index in [9.17, 15) is 4.79 Å². The highest BCUT2D eigenvalue weighted by Crippen LogP contribution is 2.16. The highest BCUT2D eigenvalue weighted by Gasteiger charge is 2.17. The number of thioether (sulfide) groups is 1. The van der Waals surface area contributed by atoms with E-state index in [2.05, 4.69) is 10.1 Å². The predicted octanol–water partition coefficient (Wildman–Crippen LogP) is 0.210. The molecule has 0 aromatic carbocycles. The normalized spacial score (nSPS) is 22.2. The van der Waals surface area contributed by atoms with Crippen molar-refractivity contribution < 1.29 is 14.6 Å². The van der Waals surface area contributed by atoms with Gasteiger partial charge in [0.2, 0.25) is 0 Å². The second kappa shape index (κ2) is 5.27. The quantitative estimate of drug-likeness (QED) is 0.669. The molecule has 0 aliphatic carbocycles. The number of hydrogen-bond donors (Lipinski definition) is 2. The lowest BCUT2D eigenvalue weighted by Crippen LogP contribution is -2.35. The lowest BCUT2D eigenvalue weighted by atomic mass is 10.3. The van der Waals surface area contributed by atoms with E-state index < -0.39 is 6.09 Å². The maximum atomic E-state index is 10.9. The number of carbonyl (C=O) groups is 1. The summed E-state index contributed by atoms with van der Waals surface area (Å²) in [4.78, 5) is 10.9. The van der Waals surface area contributed by atoms with Crippen molar-refractivity contribution in [3.63, 3.8) is 0 Å². The van der Waals surface area contributed by atoms with Gasteiger partial charge in [-0.05, 0) is 12.2 Å². The minimum atomic E-state index is -0.420. The van der Waals surface area contributed by atoms with Crippen LogP contribution in [0.5, 0.6) is 0 Å². The molecule has 0 radical (unpaired) electrons. The Hall–Kier alpha value is -0.420. The second-order valence-corrected chi connectivity index (χ2v) is 3.71. The molecule has 1 atom stereocenters. The average Bonchev–Trinajstić information content (AvgIpc) is 2.53. The predicted molar refractivity (Wildman–Crippen MR) is 47.3 cm³/mol. The van der Waals surface area contributed by atoms with Gasteiger partial charge in [-0.1, -0.05) is 0 Å². The van der Waals surface area contributed by atoms with Gasteiger partial charge in [0.25, 0.3) is 0 Å². The van der Waals surface area contributed by atoms with E-state index in [0.29, 0.717) is 0 Å². The zero-order chi connectivity index (χ0) is 8.81. The zero-order valence-electron chi connectivity index (χ0n) is 6.78. The molecular weight excluding hydrogens is 178 g/mol. The van der Waals surface area contributed by atoms with Gasteiger partial charge in [0.1, 0.15) is 6.61 Å². The summed E-state index contributed by atoms with van der Waals surface area (Å²) in [5, 5.41) is 11.1. The van der Waals surface area contributed by atoms with Crippen LogP contribution in [0.2, 0.25) is 0 Å². The number of aliphatic hydroxyl groups is 1. The number of nitrogens with one attached hydrogen (secondary N) is 1. The molecule has 70 valence electrons. The molecule has 1 aliphatic heterocycles. The van der Waals surface area contributed by atoms with Gasteiger partial charge in [0.05, 0.1) is 6.61 Å². The fourth-order valence-corrected chi connectivity index (χ4v) is 2.15. The third-order valence-electron chi connectivity index (χ3n) is 1.58. The summed E-state index contributed by atoms with van der Waals surface area (Å²) in [6.07, 6.45) is 0.593. The summed E-state index contributed by atoms with van der Waals surface area (Å²) in [5.74, 6) is 2.07. The number of carbonyl (C=O) groups excluding carboxylic acids is 1. The molecule has 12 heavy (non-hydrogen) atoms. The van der Waals surface area contributed by atoms with E-state index in [0.717, 1.165) is 17.9 Å². The molecule has 0 saturated carbocycles. The molecule has 0 bridgehead atoms. The molecule has 5 heteroatoms. The third kappa shape index (κ3) is 3.32. The molecule has 1 saturated heterocycles. The van der Waals surface area contributed by atoms with Gasteiger partial charge in [-0.25, -0.2) is 4.79 Å². The molecule has 1 aliphatic rings. The number of alkyl carbamates (subject to hydrolysis) is 1. The number of aliphatic hydroxyl groups excluding tert-OH is 1. The van der Waals surface area contributed by atoms with Crippen molar-refractivity contribution in [2.75, 3.05) is 24.7 Å². The van der Waals surface area contributed by atoms with Crippen LogP contribution in [-0.2, 0) is 4.74 Å². The fourth-order valence-electron chi connectivity index (χ4n) is 0.995. The van der Waals surface area contributed by atoms with Gasteiger partial charge in [-0.15, -0.1) is 0 Å². The van der Waals surface area contributed by atoms with Crippen LogP contribution in [0.25, 0.3) is 0 Å². The van der Waals surface area contributed by atoms with E-state index >= 15 is 0 Å². The maximum Gasteiger partial charge on any atom is 0.407 e. The summed E-state index contributed by atoms with van der Waals surface area (Å²) >= 11 is 1.83. The Kier molecular flexibility index (Phi) is 4.24. The first-order valence-corrected chi connectivity index (χ1v) is 5.10. The molecule has 4 nitrogen and oxygen atoms in total. The highest BCUT2D eigenvalue weighted by molar-refractivity contribution is 7.99. The van der Waals surface area contributed by atoms with Crippen LogP contribution in [0.4, 0.5) is 4.79 Å². The summed E-state index contributed by atoms with van der Waals surface area (Å²) in [6, 6.07) is 0.251. The van der Waals surface area contributed by atoms with E-state index in [1.807, 2.05) is 11.8 Å². The topological polar surface area (TPSA) is 58.6 Å². The monoisotopic (exact) mass is 191 g/mol. The van der Waals surface area contributed by atoms with Crippen molar-refractivity contribution in [1.82, 2.24) is 5.32 Å². The van der Waals surface area contributed by atoms with E-state index in [-0.39, 0.29) is 19.3 Å². The molecule has 0 aromatic heterocycles. The minimum Gasteiger partial charge on any atom is -0.447 e. The maximum absolute atomic E-state index is 10.9. The molecule has 2 N–H and O–H groups in total. The van der Waals surface area contributed by atoms with Crippen molar-refractivity contribution in [1.29, 1.82) is 0 Å². The van der Waals surface area contributed by atoms with Crippen LogP contribution in [0.3, 0.4) is 0 Å². The minimum absolute atomic E-state index is 0.0751. The Morgan fingerprint density at radius 1 is 1.75 bits per heavy atom. The Morgan fingerprint density at radius 2 is 2.58 bits per heavy atom. The number of rotatable bonds is 3. The van der Waals surface area contributed by atoms with Crippen LogP contribution in [0.15, 0.2) is 0 Å². The van der Waals surface area contributed by atoms with Gasteiger partial charge in [-0.3, -0.25) is 0 Å². The van der Waals surface area contributed by atoms with E-state index in [1.165, 1.54) is 0 Å². The summed E-state index contributed by atoms with van der Waals surface area (Å²) in [5.41, 5.74) is 0. The lowest BCUT2D eigenvalue weighted by Gasteiger charge is -2.10. The van der Waals surface area contributed by atoms with Crippen molar-refractivity contribution in [3.05, 3.63) is 0 Å². The molecular formula is C7H13NO3S. The van der Waals surface area contributed by atoms with Gasteiger partial charge in [0.15, 0.2) is 0 Å². The van der Waals surface area contributed by atoms with Crippen molar-refractivity contribution in [2.45, 2.75) is 12.5 Å². The molecule has 1 fully saturated rings. The first-order valence-electron chi connectivity index (χ1n) is 3.95. The Balaban J connectivity index is 2.08. The molecule has 0 aromatic rings. The fraction of sp³-hybridized carbons (Fsp3) is 0.857. The molecule has 1 rings (SSSR count). The van der Waals surface area contributed by atoms with Crippen LogP contribution >= 0.6 is 11.8 Å². The second-order valence-electron chi connectivity index (χ2n) is 2.56. The SMILES string of the molecule is O=C(NC1CCSC1)OCCO. The highest BCUT2D eigenvalue weighted by atomic mass is 32.2. The van der Waals surface area contributed by atoms with Gasteiger partial charge >= 0.3 is 6.09 Å². The number of amides is 1. The van der Waals surface area contributed by atoms with E-state index in [4.69, 9.17) is 5.11 Å². The van der Waals surface area contributed by atoms with Crippen LogP contribution in [0, 0.1) is 0 Å². The number of ether oxygens (including phenoxy) is 1. The van der Waals surface area contributed by atoms with Crippen LogP contribution in [0.1, 0.15) is 6.42 Å². The Morgan fingerprint density at radius 3 is 3.17 bits per heavy atom. The first-order chi connectivity index (χ1) is 5.83. The molecule has 1 heterocycles. The largest absolute Gasteiger partial charge is 0.447 e. The van der Waals surface area contributed by atoms with Crippen LogP contribution < -0.4 is 5.32 Å². The van der Waals surface area contributed by atoms with Gasteiger partial charge < -0.3 is 15.2 Å². The van der Waals surface area contributed by atoms with E-state index in [1.54, 1.807) is 0 Å². The molecule has 0 spiro atoms. The first kappa shape index (κ1) is 9.67. The summed E-state index contributed by atoms with van der Waals surface area (Å²) in [6.45, 7) is -0.0431. The summed E-state index contributed by atoms with van der Waals surface area (Å²) < 4.78 is 4.64. The average molecular weight is 191 g/mol. The Bertz CT molecular complexity index is 148. The van der Waals surface area contributed by atoms with Crippen molar-refractivity contribution in [3.8, 4) is 0 Å². The summed E-state index contributed by atoms with van der Waals surface area (Å²) in [7, 11) is 0. The number of hydrogen-bond acceptors (Lipinski definition) is 4. The molecule has 1 unspecified atom stereocenters.